The van der Waals surface area contributed by atoms with Crippen molar-refractivity contribution in [3.63, 3.8) is 0 Å². The number of carboxylic acid groups (broad SMARTS) is 1. The van der Waals surface area contributed by atoms with E-state index in [1.165, 1.54) is 5.56 Å². The minimum atomic E-state index is -0.971. The third-order valence-electron chi connectivity index (χ3n) is 3.35. The van der Waals surface area contributed by atoms with E-state index in [4.69, 9.17) is 9.84 Å². The highest BCUT2D eigenvalue weighted by Crippen LogP contribution is 2.26. The average molecular weight is 281 g/mol. The first-order valence-electron chi connectivity index (χ1n) is 6.76. The molecule has 0 unspecified atom stereocenters. The molecule has 0 aliphatic carbocycles. The van der Waals surface area contributed by atoms with Crippen LogP contribution >= 0.6 is 0 Å². The Hall–Kier alpha value is -2.75. The number of hydrogen-bond acceptors (Lipinski definition) is 2. The molecule has 21 heavy (non-hydrogen) atoms. The fraction of sp³-hybridized carbons (Fsp3) is 0.118. The molecule has 4 heteroatoms. The Morgan fingerprint density at radius 3 is 2.67 bits per heavy atom. The zero-order chi connectivity index (χ0) is 14.7. The molecule has 2 N–H and O–H groups in total. The number of carbonyl (C=O) groups is 1. The lowest BCUT2D eigenvalue weighted by atomic mass is 10.2. The van der Waals surface area contributed by atoms with E-state index in [-0.39, 0.29) is 5.69 Å². The number of fused-ring (bicyclic) bond motifs is 1. The molecule has 0 spiro atoms. The van der Waals surface area contributed by atoms with Gasteiger partial charge in [-0.3, -0.25) is 0 Å². The summed E-state index contributed by atoms with van der Waals surface area (Å²) >= 11 is 0. The van der Waals surface area contributed by atoms with Crippen LogP contribution in [0, 0.1) is 0 Å². The number of ether oxygens (including phenoxy) is 1. The summed E-state index contributed by atoms with van der Waals surface area (Å²) in [6.45, 7) is 0.552. The summed E-state index contributed by atoms with van der Waals surface area (Å²) in [7, 11) is 0. The quantitative estimate of drug-likeness (QED) is 0.752. The molecule has 0 atom stereocenters. The van der Waals surface area contributed by atoms with Gasteiger partial charge in [-0.1, -0.05) is 36.4 Å². The number of benzene rings is 2. The Morgan fingerprint density at radius 2 is 1.90 bits per heavy atom. The van der Waals surface area contributed by atoms with Crippen LogP contribution in [0.2, 0.25) is 0 Å². The van der Waals surface area contributed by atoms with Crippen LogP contribution in [0.3, 0.4) is 0 Å². The minimum Gasteiger partial charge on any atom is -0.493 e. The molecule has 1 aromatic heterocycles. The number of H-pyrrole nitrogens is 1. The van der Waals surface area contributed by atoms with Crippen LogP contribution in [0.4, 0.5) is 0 Å². The SMILES string of the molecule is O=C(O)c1cc2c(OCCc3ccccc3)cccc2[nH]1. The van der Waals surface area contributed by atoms with Gasteiger partial charge in [0.15, 0.2) is 0 Å². The third-order valence-corrected chi connectivity index (χ3v) is 3.35. The van der Waals surface area contributed by atoms with Gasteiger partial charge in [0, 0.05) is 17.3 Å². The van der Waals surface area contributed by atoms with Crippen molar-refractivity contribution in [2.75, 3.05) is 6.61 Å². The van der Waals surface area contributed by atoms with E-state index in [1.807, 2.05) is 36.4 Å². The van der Waals surface area contributed by atoms with E-state index in [2.05, 4.69) is 17.1 Å². The van der Waals surface area contributed by atoms with Gasteiger partial charge in [-0.25, -0.2) is 4.79 Å². The van der Waals surface area contributed by atoms with E-state index < -0.39 is 5.97 Å². The van der Waals surface area contributed by atoms with Gasteiger partial charge in [-0.2, -0.15) is 0 Å². The zero-order valence-electron chi connectivity index (χ0n) is 11.4. The number of nitrogens with one attached hydrogen (secondary N) is 1. The Balaban J connectivity index is 1.76. The average Bonchev–Trinajstić information content (AvgIpc) is 2.94. The van der Waals surface area contributed by atoms with E-state index in [0.29, 0.717) is 12.4 Å². The number of aromatic nitrogens is 1. The molecule has 4 nitrogen and oxygen atoms in total. The Bertz CT molecular complexity index is 762. The second-order valence-electron chi connectivity index (χ2n) is 4.79. The van der Waals surface area contributed by atoms with E-state index in [0.717, 1.165) is 17.3 Å². The van der Waals surface area contributed by atoms with Gasteiger partial charge in [0.1, 0.15) is 11.4 Å². The highest BCUT2D eigenvalue weighted by atomic mass is 16.5. The third kappa shape index (κ3) is 2.89. The summed E-state index contributed by atoms with van der Waals surface area (Å²) in [4.78, 5) is 13.9. The summed E-state index contributed by atoms with van der Waals surface area (Å²) in [6, 6.07) is 17.3. The summed E-state index contributed by atoms with van der Waals surface area (Å²) < 4.78 is 5.80. The van der Waals surface area contributed by atoms with Crippen LogP contribution in [-0.2, 0) is 6.42 Å². The van der Waals surface area contributed by atoms with Crippen molar-refractivity contribution < 1.29 is 14.6 Å². The van der Waals surface area contributed by atoms with E-state index in [9.17, 15) is 4.79 Å². The number of aromatic amines is 1. The maximum Gasteiger partial charge on any atom is 0.352 e. The van der Waals surface area contributed by atoms with Crippen molar-refractivity contribution in [2.45, 2.75) is 6.42 Å². The topological polar surface area (TPSA) is 62.3 Å². The lowest BCUT2D eigenvalue weighted by Crippen LogP contribution is -2.01. The highest BCUT2D eigenvalue weighted by molar-refractivity contribution is 5.96. The van der Waals surface area contributed by atoms with Crippen molar-refractivity contribution in [1.82, 2.24) is 4.98 Å². The first-order valence-corrected chi connectivity index (χ1v) is 6.76. The van der Waals surface area contributed by atoms with Crippen molar-refractivity contribution in [3.8, 4) is 5.75 Å². The van der Waals surface area contributed by atoms with E-state index >= 15 is 0 Å². The first kappa shape index (κ1) is 13.2. The lowest BCUT2D eigenvalue weighted by molar-refractivity contribution is 0.0691. The Morgan fingerprint density at radius 1 is 1.10 bits per heavy atom. The van der Waals surface area contributed by atoms with Crippen LogP contribution in [0.25, 0.3) is 10.9 Å². The molecule has 3 rings (SSSR count). The van der Waals surface area contributed by atoms with Crippen LogP contribution < -0.4 is 4.74 Å². The lowest BCUT2D eigenvalue weighted by Gasteiger charge is -2.07. The largest absolute Gasteiger partial charge is 0.493 e. The van der Waals surface area contributed by atoms with Gasteiger partial charge in [-0.15, -0.1) is 0 Å². The molecule has 0 saturated heterocycles. The maximum atomic E-state index is 11.0. The summed E-state index contributed by atoms with van der Waals surface area (Å²) in [5, 5.41) is 9.82. The van der Waals surface area contributed by atoms with Gasteiger partial charge in [0.25, 0.3) is 0 Å². The van der Waals surface area contributed by atoms with Crippen LogP contribution in [0.1, 0.15) is 16.1 Å². The summed E-state index contributed by atoms with van der Waals surface area (Å²) in [5.74, 6) is -0.270. The van der Waals surface area contributed by atoms with Gasteiger partial charge in [-0.05, 0) is 23.8 Å². The Kier molecular flexibility index (Phi) is 3.60. The number of carboxylic acids is 1. The summed E-state index contributed by atoms with van der Waals surface area (Å²) in [5.41, 5.74) is 2.15. The standard InChI is InChI=1S/C17H15NO3/c19-17(20)15-11-13-14(18-15)7-4-8-16(13)21-10-9-12-5-2-1-3-6-12/h1-8,11,18H,9-10H2,(H,19,20). The molecule has 3 aromatic rings. The molecule has 0 bridgehead atoms. The molecular formula is C17H15NO3. The molecular weight excluding hydrogens is 266 g/mol. The fourth-order valence-corrected chi connectivity index (χ4v) is 2.29. The number of aromatic carboxylic acids is 1. The molecule has 0 saturated carbocycles. The number of rotatable bonds is 5. The fourth-order valence-electron chi connectivity index (χ4n) is 2.29. The van der Waals surface area contributed by atoms with Gasteiger partial charge in [0.2, 0.25) is 0 Å². The molecule has 2 aromatic carbocycles. The first-order chi connectivity index (χ1) is 10.2. The van der Waals surface area contributed by atoms with Gasteiger partial charge in [0.05, 0.1) is 6.61 Å². The predicted molar refractivity (Wildman–Crippen MR) is 80.9 cm³/mol. The van der Waals surface area contributed by atoms with Crippen molar-refractivity contribution in [3.05, 3.63) is 65.9 Å². The van der Waals surface area contributed by atoms with Crippen LogP contribution in [0.5, 0.6) is 5.75 Å². The molecule has 106 valence electrons. The molecule has 0 radical (unpaired) electrons. The van der Waals surface area contributed by atoms with Crippen molar-refractivity contribution in [2.24, 2.45) is 0 Å². The zero-order valence-corrected chi connectivity index (χ0v) is 11.4. The second-order valence-corrected chi connectivity index (χ2v) is 4.79. The monoisotopic (exact) mass is 281 g/mol. The van der Waals surface area contributed by atoms with Crippen molar-refractivity contribution >= 4 is 16.9 Å². The predicted octanol–water partition coefficient (Wildman–Crippen LogP) is 3.49. The van der Waals surface area contributed by atoms with Crippen molar-refractivity contribution in [1.29, 1.82) is 0 Å². The molecule has 0 fully saturated rings. The molecule has 0 amide bonds. The number of hydrogen-bond donors (Lipinski definition) is 2. The molecule has 0 aliphatic rings. The maximum absolute atomic E-state index is 11.0. The highest BCUT2D eigenvalue weighted by Gasteiger charge is 2.10. The minimum absolute atomic E-state index is 0.170. The van der Waals surface area contributed by atoms with Gasteiger partial charge < -0.3 is 14.8 Å². The Labute approximate surface area is 122 Å². The summed E-state index contributed by atoms with van der Waals surface area (Å²) in [6.07, 6.45) is 0.813. The van der Waals surface area contributed by atoms with Crippen LogP contribution in [-0.4, -0.2) is 22.7 Å². The van der Waals surface area contributed by atoms with Gasteiger partial charge >= 0.3 is 5.97 Å². The van der Waals surface area contributed by atoms with Crippen LogP contribution in [0.15, 0.2) is 54.6 Å². The normalized spacial score (nSPS) is 10.7. The van der Waals surface area contributed by atoms with E-state index in [1.54, 1.807) is 6.07 Å². The smallest absolute Gasteiger partial charge is 0.352 e. The molecule has 0 aliphatic heterocycles. The second kappa shape index (κ2) is 5.71. The molecule has 1 heterocycles.